The number of nitrogens with zero attached hydrogens (tertiary/aromatic N) is 5. The van der Waals surface area contributed by atoms with E-state index in [-0.39, 0.29) is 18.6 Å². The number of anilines is 2. The first-order valence-electron chi connectivity index (χ1n) is 17.6. The number of aliphatic hydroxyl groups excluding tert-OH is 1. The number of likely N-dealkylation sites (tertiary alicyclic amines) is 1. The molecule has 1 aliphatic rings. The molecule has 1 atom stereocenters. The van der Waals surface area contributed by atoms with Crippen molar-refractivity contribution in [2.45, 2.75) is 52.7 Å². The molecule has 52 heavy (non-hydrogen) atoms. The Morgan fingerprint density at radius 3 is 2.52 bits per heavy atom. The Kier molecular flexibility index (Phi) is 9.96. The zero-order chi connectivity index (χ0) is 36.4. The summed E-state index contributed by atoms with van der Waals surface area (Å²) in [5.41, 5.74) is 10.1. The fourth-order valence-electron chi connectivity index (χ4n) is 6.98. The van der Waals surface area contributed by atoms with Crippen LogP contribution in [0.2, 0.25) is 0 Å². The number of nitrogens with one attached hydrogen (secondary N) is 2. The molecule has 11 nitrogen and oxygen atoms in total. The van der Waals surface area contributed by atoms with E-state index in [9.17, 15) is 20.3 Å². The number of aromatic nitrogens is 3. The van der Waals surface area contributed by atoms with Gasteiger partial charge < -0.3 is 25.3 Å². The second kappa shape index (κ2) is 14.9. The van der Waals surface area contributed by atoms with Crippen molar-refractivity contribution in [3.05, 3.63) is 101 Å². The molecule has 0 amide bonds. The number of piperidine rings is 1. The number of hydrogen-bond donors (Lipinski definition) is 4. The SMILES string of the molecule is Cc1c(Nc2nccc3cc(CN4CCC(C(=O)O)CC4)cnc23)cccc1-c1cccc(-c2nc3cc(CN[C@@H](C)CO)cc(C#N)c3o2)c1C. The number of pyridine rings is 2. The van der Waals surface area contributed by atoms with Crippen LogP contribution >= 0.6 is 0 Å². The van der Waals surface area contributed by atoms with Gasteiger partial charge in [0.1, 0.15) is 17.1 Å². The fourth-order valence-corrected chi connectivity index (χ4v) is 6.98. The molecule has 1 fully saturated rings. The normalized spacial score (nSPS) is 14.4. The number of carboxylic acid groups (broad SMARTS) is 1. The highest BCUT2D eigenvalue weighted by Gasteiger charge is 2.25. The summed E-state index contributed by atoms with van der Waals surface area (Å²) in [5, 5.41) is 36.4. The zero-order valence-electron chi connectivity index (χ0n) is 29.5. The minimum atomic E-state index is -0.700. The first-order chi connectivity index (χ1) is 25.2. The molecule has 0 unspecified atom stereocenters. The molecule has 1 saturated heterocycles. The average molecular weight is 696 g/mol. The van der Waals surface area contributed by atoms with Gasteiger partial charge in [-0.3, -0.25) is 14.7 Å². The summed E-state index contributed by atoms with van der Waals surface area (Å²) in [6.07, 6.45) is 5.01. The molecule has 7 rings (SSSR count). The lowest BCUT2D eigenvalue weighted by Gasteiger charge is -2.29. The van der Waals surface area contributed by atoms with Crippen LogP contribution < -0.4 is 10.6 Å². The van der Waals surface area contributed by atoms with Crippen molar-refractivity contribution in [2.24, 2.45) is 5.92 Å². The Bertz CT molecular complexity index is 2320. The summed E-state index contributed by atoms with van der Waals surface area (Å²) >= 11 is 0. The van der Waals surface area contributed by atoms with E-state index in [1.54, 1.807) is 12.3 Å². The second-order valence-corrected chi connectivity index (χ2v) is 13.6. The zero-order valence-corrected chi connectivity index (χ0v) is 29.5. The molecule has 3 aromatic heterocycles. The first kappa shape index (κ1) is 34.8. The fraction of sp³-hybridized carbons (Fsp3) is 0.293. The van der Waals surface area contributed by atoms with Crippen LogP contribution in [0.25, 0.3) is 44.6 Å². The lowest BCUT2D eigenvalue weighted by molar-refractivity contribution is -0.143. The number of fused-ring (bicyclic) bond motifs is 2. The number of hydrogen-bond acceptors (Lipinski definition) is 10. The Hall–Kier alpha value is -5.67. The Morgan fingerprint density at radius 1 is 1.02 bits per heavy atom. The minimum Gasteiger partial charge on any atom is -0.481 e. The van der Waals surface area contributed by atoms with Gasteiger partial charge in [0, 0.05) is 48.2 Å². The van der Waals surface area contributed by atoms with Gasteiger partial charge in [-0.15, -0.1) is 0 Å². The molecular formula is C41H41N7O4. The summed E-state index contributed by atoms with van der Waals surface area (Å²) in [5.74, 6) is 0.158. The second-order valence-electron chi connectivity index (χ2n) is 13.6. The van der Waals surface area contributed by atoms with Crippen molar-refractivity contribution in [3.8, 4) is 28.7 Å². The van der Waals surface area contributed by atoms with E-state index in [0.717, 1.165) is 75.2 Å². The predicted molar refractivity (Wildman–Crippen MR) is 201 cm³/mol. The van der Waals surface area contributed by atoms with Gasteiger partial charge >= 0.3 is 5.97 Å². The third-order valence-electron chi connectivity index (χ3n) is 10.0. The highest BCUT2D eigenvalue weighted by atomic mass is 16.4. The van der Waals surface area contributed by atoms with E-state index in [1.807, 2.05) is 49.5 Å². The molecule has 0 saturated carbocycles. The van der Waals surface area contributed by atoms with Gasteiger partial charge in [-0.05, 0) is 116 Å². The van der Waals surface area contributed by atoms with E-state index in [2.05, 4.69) is 58.6 Å². The Balaban J connectivity index is 1.14. The van der Waals surface area contributed by atoms with Gasteiger partial charge in [-0.1, -0.05) is 24.3 Å². The number of nitriles is 1. The van der Waals surface area contributed by atoms with Crippen molar-refractivity contribution in [3.63, 3.8) is 0 Å². The molecule has 0 radical (unpaired) electrons. The molecule has 4 N–H and O–H groups in total. The van der Waals surface area contributed by atoms with E-state index in [4.69, 9.17) is 14.4 Å². The van der Waals surface area contributed by atoms with Crippen LogP contribution in [0.3, 0.4) is 0 Å². The molecule has 4 heterocycles. The lowest BCUT2D eigenvalue weighted by atomic mass is 9.93. The number of aliphatic carboxylic acids is 1. The number of carboxylic acids is 1. The maximum atomic E-state index is 11.4. The van der Waals surface area contributed by atoms with E-state index >= 15 is 0 Å². The smallest absolute Gasteiger partial charge is 0.306 e. The summed E-state index contributed by atoms with van der Waals surface area (Å²) in [6.45, 7) is 8.80. The first-order valence-corrected chi connectivity index (χ1v) is 17.6. The van der Waals surface area contributed by atoms with Gasteiger partial charge in [0.25, 0.3) is 0 Å². The van der Waals surface area contributed by atoms with Crippen molar-refractivity contribution in [2.75, 3.05) is 25.0 Å². The molecule has 1 aliphatic heterocycles. The van der Waals surface area contributed by atoms with Gasteiger partial charge in [0.05, 0.1) is 18.1 Å². The number of rotatable bonds is 11. The summed E-state index contributed by atoms with van der Waals surface area (Å²) in [4.78, 5) is 27.9. The van der Waals surface area contributed by atoms with Crippen LogP contribution in [0.4, 0.5) is 11.5 Å². The molecule has 264 valence electrons. The molecular weight excluding hydrogens is 654 g/mol. The van der Waals surface area contributed by atoms with E-state index in [0.29, 0.717) is 47.8 Å². The topological polar surface area (TPSA) is 160 Å². The largest absolute Gasteiger partial charge is 0.481 e. The third kappa shape index (κ3) is 7.09. The Morgan fingerprint density at radius 2 is 1.77 bits per heavy atom. The standard InChI is InChI=1S/C41H41N7O4/c1-24(23-49)44-20-27-16-31(19-42)38-36(18-27)47-40(52-38)34-8-4-6-32(25(34)2)33-7-5-9-35(26(33)3)46-39-37-30(10-13-43-39)17-28(21-45-37)22-48-14-11-29(12-15-48)41(50)51/h4-10,13,16-18,21,24,29,44,49H,11-12,14-15,20,22-23H2,1-3H3,(H,43,46)(H,50,51)/t24-/m0/s1. The van der Waals surface area contributed by atoms with Gasteiger partial charge in [0.2, 0.25) is 5.89 Å². The molecule has 6 aromatic rings. The monoisotopic (exact) mass is 695 g/mol. The average Bonchev–Trinajstić information content (AvgIpc) is 3.59. The number of aliphatic hydroxyl groups is 1. The maximum Gasteiger partial charge on any atom is 0.306 e. The number of oxazole rings is 1. The van der Waals surface area contributed by atoms with Crippen molar-refractivity contribution < 1.29 is 19.4 Å². The van der Waals surface area contributed by atoms with Crippen LogP contribution in [0.1, 0.15) is 47.6 Å². The van der Waals surface area contributed by atoms with Crippen LogP contribution in [0.5, 0.6) is 0 Å². The predicted octanol–water partition coefficient (Wildman–Crippen LogP) is 7.10. The van der Waals surface area contributed by atoms with E-state index in [1.165, 1.54) is 0 Å². The van der Waals surface area contributed by atoms with Crippen LogP contribution in [-0.4, -0.2) is 61.8 Å². The highest BCUT2D eigenvalue weighted by molar-refractivity contribution is 5.91. The van der Waals surface area contributed by atoms with E-state index < -0.39 is 5.97 Å². The minimum absolute atomic E-state index is 0.0216. The number of carbonyl (C=O) groups is 1. The molecule has 3 aromatic carbocycles. The number of benzene rings is 3. The molecule has 0 aliphatic carbocycles. The van der Waals surface area contributed by atoms with Gasteiger partial charge in [-0.2, -0.15) is 5.26 Å². The highest BCUT2D eigenvalue weighted by Crippen LogP contribution is 2.37. The quantitative estimate of drug-likeness (QED) is 0.109. The molecule has 11 heteroatoms. The van der Waals surface area contributed by atoms with Crippen LogP contribution in [-0.2, 0) is 17.9 Å². The summed E-state index contributed by atoms with van der Waals surface area (Å²) in [6, 6.07) is 22.2. The third-order valence-corrected chi connectivity index (χ3v) is 10.0. The van der Waals surface area contributed by atoms with Crippen molar-refractivity contribution >= 4 is 39.5 Å². The van der Waals surface area contributed by atoms with Gasteiger partial charge in [0.15, 0.2) is 11.4 Å². The Labute approximate surface area is 302 Å². The van der Waals surface area contributed by atoms with Crippen LogP contribution in [0.15, 0.2) is 77.5 Å². The maximum absolute atomic E-state index is 11.4. The molecule has 0 spiro atoms. The van der Waals surface area contributed by atoms with Crippen molar-refractivity contribution in [1.82, 2.24) is 25.2 Å². The summed E-state index contributed by atoms with van der Waals surface area (Å²) in [7, 11) is 0. The molecule has 0 bridgehead atoms. The summed E-state index contributed by atoms with van der Waals surface area (Å²) < 4.78 is 6.24. The lowest BCUT2D eigenvalue weighted by Crippen LogP contribution is -2.35. The van der Waals surface area contributed by atoms with Gasteiger partial charge in [-0.25, -0.2) is 9.97 Å². The van der Waals surface area contributed by atoms with Crippen LogP contribution in [0, 0.1) is 31.1 Å². The van der Waals surface area contributed by atoms with Crippen molar-refractivity contribution in [1.29, 1.82) is 5.26 Å².